The van der Waals surface area contributed by atoms with Crippen LogP contribution in [0.1, 0.15) is 37.2 Å². The monoisotopic (exact) mass is 218 g/mol. The predicted molar refractivity (Wildman–Crippen MR) is 64.9 cm³/mol. The van der Waals surface area contributed by atoms with Crippen molar-refractivity contribution in [2.75, 3.05) is 18.0 Å². The van der Waals surface area contributed by atoms with Crippen molar-refractivity contribution < 1.29 is 4.79 Å². The minimum absolute atomic E-state index is 0.0151. The Morgan fingerprint density at radius 2 is 2.06 bits per heavy atom. The largest absolute Gasteiger partial charge is 0.371 e. The van der Waals surface area contributed by atoms with Crippen LogP contribution < -0.4 is 4.90 Å². The molecule has 2 rings (SSSR count). The number of aromatic nitrogens is 1. The Morgan fingerprint density at radius 1 is 1.38 bits per heavy atom. The van der Waals surface area contributed by atoms with Crippen LogP contribution in [0.5, 0.6) is 0 Å². The Bertz CT molecular complexity index is 381. The fourth-order valence-electron chi connectivity index (χ4n) is 2.02. The average molecular weight is 218 g/mol. The number of anilines is 1. The first-order valence-electron chi connectivity index (χ1n) is 5.93. The SMILES string of the molecule is CC(C)C(=O)c1cc(N2CCCC2)ccn1. The molecule has 3 heteroatoms. The van der Waals surface area contributed by atoms with E-state index in [0.717, 1.165) is 18.8 Å². The van der Waals surface area contributed by atoms with Gasteiger partial charge in [-0.15, -0.1) is 0 Å². The molecule has 0 bridgehead atoms. The van der Waals surface area contributed by atoms with Gasteiger partial charge in [-0.2, -0.15) is 0 Å². The Labute approximate surface area is 96.5 Å². The number of ketones is 1. The van der Waals surface area contributed by atoms with Crippen molar-refractivity contribution in [1.29, 1.82) is 0 Å². The lowest BCUT2D eigenvalue weighted by Gasteiger charge is -2.17. The number of carbonyl (C=O) groups is 1. The van der Waals surface area contributed by atoms with Gasteiger partial charge >= 0.3 is 0 Å². The van der Waals surface area contributed by atoms with Gasteiger partial charge in [-0.1, -0.05) is 13.8 Å². The van der Waals surface area contributed by atoms with E-state index >= 15 is 0 Å². The second kappa shape index (κ2) is 4.64. The Morgan fingerprint density at radius 3 is 2.69 bits per heavy atom. The van der Waals surface area contributed by atoms with E-state index in [1.807, 2.05) is 26.0 Å². The normalized spacial score (nSPS) is 15.8. The summed E-state index contributed by atoms with van der Waals surface area (Å²) >= 11 is 0. The lowest BCUT2D eigenvalue weighted by atomic mass is 10.1. The van der Waals surface area contributed by atoms with E-state index in [1.165, 1.54) is 12.8 Å². The summed E-state index contributed by atoms with van der Waals surface area (Å²) in [6.07, 6.45) is 4.23. The maximum absolute atomic E-state index is 11.8. The van der Waals surface area contributed by atoms with Crippen molar-refractivity contribution in [3.8, 4) is 0 Å². The molecule has 1 aromatic heterocycles. The van der Waals surface area contributed by atoms with Crippen molar-refractivity contribution in [3.63, 3.8) is 0 Å². The first kappa shape index (κ1) is 11.1. The molecule has 0 amide bonds. The van der Waals surface area contributed by atoms with Gasteiger partial charge in [0.2, 0.25) is 0 Å². The summed E-state index contributed by atoms with van der Waals surface area (Å²) in [6.45, 7) is 6.01. The van der Waals surface area contributed by atoms with Crippen molar-refractivity contribution in [2.45, 2.75) is 26.7 Å². The van der Waals surface area contributed by atoms with Gasteiger partial charge in [0.15, 0.2) is 5.78 Å². The molecule has 0 radical (unpaired) electrons. The van der Waals surface area contributed by atoms with Crippen LogP contribution in [0.2, 0.25) is 0 Å². The summed E-state index contributed by atoms with van der Waals surface area (Å²) in [7, 11) is 0. The fourth-order valence-corrected chi connectivity index (χ4v) is 2.02. The number of nitrogens with zero attached hydrogens (tertiary/aromatic N) is 2. The molecule has 0 N–H and O–H groups in total. The molecule has 1 fully saturated rings. The quantitative estimate of drug-likeness (QED) is 0.731. The lowest BCUT2D eigenvalue weighted by molar-refractivity contribution is 0.0934. The molecule has 2 heterocycles. The van der Waals surface area contributed by atoms with E-state index in [2.05, 4.69) is 9.88 Å². The summed E-state index contributed by atoms with van der Waals surface area (Å²) in [5.74, 6) is 0.141. The molecular weight excluding hydrogens is 200 g/mol. The maximum Gasteiger partial charge on any atom is 0.183 e. The Hall–Kier alpha value is -1.38. The van der Waals surface area contributed by atoms with Crippen LogP contribution in [-0.4, -0.2) is 23.9 Å². The van der Waals surface area contributed by atoms with Crippen LogP contribution in [-0.2, 0) is 0 Å². The van der Waals surface area contributed by atoms with Gasteiger partial charge in [0.25, 0.3) is 0 Å². The summed E-state index contributed by atoms with van der Waals surface area (Å²) in [5, 5.41) is 0. The number of hydrogen-bond acceptors (Lipinski definition) is 3. The third kappa shape index (κ3) is 2.23. The first-order chi connectivity index (χ1) is 7.68. The van der Waals surface area contributed by atoms with Crippen LogP contribution >= 0.6 is 0 Å². The second-order valence-corrected chi connectivity index (χ2v) is 4.61. The molecule has 3 nitrogen and oxygen atoms in total. The zero-order valence-electron chi connectivity index (χ0n) is 9.94. The summed E-state index contributed by atoms with van der Waals surface area (Å²) in [4.78, 5) is 18.3. The van der Waals surface area contributed by atoms with Gasteiger partial charge in [-0.3, -0.25) is 9.78 Å². The van der Waals surface area contributed by atoms with Crippen molar-refractivity contribution in [1.82, 2.24) is 4.98 Å². The van der Waals surface area contributed by atoms with Crippen LogP contribution in [0.15, 0.2) is 18.3 Å². The molecule has 0 saturated carbocycles. The van der Waals surface area contributed by atoms with E-state index in [9.17, 15) is 4.79 Å². The van der Waals surface area contributed by atoms with E-state index in [-0.39, 0.29) is 11.7 Å². The van der Waals surface area contributed by atoms with Gasteiger partial charge < -0.3 is 4.90 Å². The number of carbonyl (C=O) groups excluding carboxylic acids is 1. The second-order valence-electron chi connectivity index (χ2n) is 4.61. The molecule has 1 aliphatic rings. The summed E-state index contributed by atoms with van der Waals surface area (Å²) in [5.41, 5.74) is 1.73. The zero-order valence-corrected chi connectivity index (χ0v) is 9.94. The Kier molecular flexibility index (Phi) is 3.22. The number of hydrogen-bond donors (Lipinski definition) is 0. The van der Waals surface area contributed by atoms with Crippen molar-refractivity contribution in [3.05, 3.63) is 24.0 Å². The number of rotatable bonds is 3. The van der Waals surface area contributed by atoms with E-state index in [4.69, 9.17) is 0 Å². The molecule has 16 heavy (non-hydrogen) atoms. The first-order valence-corrected chi connectivity index (χ1v) is 5.93. The minimum Gasteiger partial charge on any atom is -0.371 e. The lowest BCUT2D eigenvalue weighted by Crippen LogP contribution is -2.19. The predicted octanol–water partition coefficient (Wildman–Crippen LogP) is 2.52. The molecule has 1 aliphatic heterocycles. The minimum atomic E-state index is 0.0151. The molecule has 0 unspecified atom stereocenters. The van der Waals surface area contributed by atoms with E-state index in [0.29, 0.717) is 5.69 Å². The zero-order chi connectivity index (χ0) is 11.5. The van der Waals surface area contributed by atoms with Gasteiger partial charge in [-0.25, -0.2) is 0 Å². The molecular formula is C13H18N2O. The Balaban J connectivity index is 2.22. The highest BCUT2D eigenvalue weighted by atomic mass is 16.1. The van der Waals surface area contributed by atoms with Gasteiger partial charge in [0.1, 0.15) is 5.69 Å². The van der Waals surface area contributed by atoms with Crippen molar-refractivity contribution in [2.24, 2.45) is 5.92 Å². The molecule has 1 saturated heterocycles. The van der Waals surface area contributed by atoms with Crippen LogP contribution in [0.3, 0.4) is 0 Å². The molecule has 86 valence electrons. The maximum atomic E-state index is 11.8. The summed E-state index contributed by atoms with van der Waals surface area (Å²) in [6, 6.07) is 3.91. The third-order valence-electron chi connectivity index (χ3n) is 2.99. The van der Waals surface area contributed by atoms with Crippen molar-refractivity contribution >= 4 is 11.5 Å². The highest BCUT2D eigenvalue weighted by Gasteiger charge is 2.16. The molecule has 1 aromatic rings. The molecule has 0 aliphatic carbocycles. The number of Topliss-reactive ketones (excluding diaryl/α,β-unsaturated/α-hetero) is 1. The molecule has 0 spiro atoms. The summed E-state index contributed by atoms with van der Waals surface area (Å²) < 4.78 is 0. The molecule has 0 atom stereocenters. The van der Waals surface area contributed by atoms with Gasteiger partial charge in [0.05, 0.1) is 0 Å². The van der Waals surface area contributed by atoms with Crippen LogP contribution in [0.25, 0.3) is 0 Å². The number of pyridine rings is 1. The van der Waals surface area contributed by atoms with E-state index < -0.39 is 0 Å². The van der Waals surface area contributed by atoms with Crippen LogP contribution in [0.4, 0.5) is 5.69 Å². The average Bonchev–Trinajstić information content (AvgIpc) is 2.81. The highest BCUT2D eigenvalue weighted by Crippen LogP contribution is 2.20. The fraction of sp³-hybridized carbons (Fsp3) is 0.538. The standard InChI is InChI=1S/C13H18N2O/c1-10(2)13(16)12-9-11(5-6-14-12)15-7-3-4-8-15/h5-6,9-10H,3-4,7-8H2,1-2H3. The van der Waals surface area contributed by atoms with Gasteiger partial charge in [0, 0.05) is 30.9 Å². The van der Waals surface area contributed by atoms with E-state index in [1.54, 1.807) is 6.20 Å². The van der Waals surface area contributed by atoms with Gasteiger partial charge in [-0.05, 0) is 25.0 Å². The smallest absolute Gasteiger partial charge is 0.183 e. The highest BCUT2D eigenvalue weighted by molar-refractivity contribution is 5.96. The third-order valence-corrected chi connectivity index (χ3v) is 2.99. The molecule has 0 aromatic carbocycles. The van der Waals surface area contributed by atoms with Crippen LogP contribution in [0, 0.1) is 5.92 Å². The topological polar surface area (TPSA) is 33.2 Å².